The number of anilines is 1. The maximum absolute atomic E-state index is 5.52. The van der Waals surface area contributed by atoms with E-state index < -0.39 is 0 Å². The van der Waals surface area contributed by atoms with E-state index in [1.165, 1.54) is 37.8 Å². The van der Waals surface area contributed by atoms with Gasteiger partial charge in [-0.05, 0) is 87.0 Å². The van der Waals surface area contributed by atoms with Gasteiger partial charge in [-0.2, -0.15) is 0 Å². The summed E-state index contributed by atoms with van der Waals surface area (Å²) in [5.74, 6) is 4.94. The molecule has 2 nitrogen and oxygen atoms in total. The Morgan fingerprint density at radius 2 is 1.55 bits per heavy atom. The quantitative estimate of drug-likeness (QED) is 0.880. The SMILES string of the molecule is CCOc1ccc(NC2C3CC4CC(C3)CC2C4)cc1. The lowest BCUT2D eigenvalue weighted by Gasteiger charge is -2.54. The Kier molecular flexibility index (Phi) is 3.13. The van der Waals surface area contributed by atoms with Crippen LogP contribution in [0, 0.1) is 23.7 Å². The van der Waals surface area contributed by atoms with Crippen LogP contribution < -0.4 is 10.1 Å². The molecule has 1 aromatic rings. The van der Waals surface area contributed by atoms with Gasteiger partial charge in [-0.3, -0.25) is 0 Å². The first kappa shape index (κ1) is 12.6. The van der Waals surface area contributed by atoms with Crippen molar-refractivity contribution in [1.82, 2.24) is 0 Å². The third kappa shape index (κ3) is 2.19. The van der Waals surface area contributed by atoms with Crippen LogP contribution in [0.25, 0.3) is 0 Å². The Bertz CT molecular complexity index is 439. The third-order valence-electron chi connectivity index (χ3n) is 5.73. The molecule has 4 saturated carbocycles. The molecule has 108 valence electrons. The molecule has 4 aliphatic carbocycles. The second-order valence-corrected chi connectivity index (χ2v) is 7.06. The van der Waals surface area contributed by atoms with E-state index in [1.54, 1.807) is 0 Å². The van der Waals surface area contributed by atoms with E-state index in [9.17, 15) is 0 Å². The molecule has 1 aromatic carbocycles. The van der Waals surface area contributed by atoms with Gasteiger partial charge >= 0.3 is 0 Å². The molecule has 0 unspecified atom stereocenters. The predicted octanol–water partition coefficient (Wildman–Crippen LogP) is 4.32. The zero-order valence-corrected chi connectivity index (χ0v) is 12.3. The molecular formula is C18H25NO. The minimum atomic E-state index is 0.723. The predicted molar refractivity (Wildman–Crippen MR) is 82.1 cm³/mol. The van der Waals surface area contributed by atoms with E-state index in [4.69, 9.17) is 4.74 Å². The highest BCUT2D eigenvalue weighted by Crippen LogP contribution is 2.54. The van der Waals surface area contributed by atoms with Gasteiger partial charge < -0.3 is 10.1 Å². The van der Waals surface area contributed by atoms with Crippen LogP contribution in [0.5, 0.6) is 5.75 Å². The van der Waals surface area contributed by atoms with Crippen LogP contribution in [0.15, 0.2) is 24.3 Å². The minimum Gasteiger partial charge on any atom is -0.494 e. The molecule has 5 rings (SSSR count). The van der Waals surface area contributed by atoms with Crippen LogP contribution in [0.1, 0.15) is 39.0 Å². The highest BCUT2D eigenvalue weighted by atomic mass is 16.5. The lowest BCUT2D eigenvalue weighted by Crippen LogP contribution is -2.51. The van der Waals surface area contributed by atoms with Gasteiger partial charge in [0.05, 0.1) is 6.61 Å². The first-order valence-electron chi connectivity index (χ1n) is 8.31. The highest BCUT2D eigenvalue weighted by molar-refractivity contribution is 5.47. The van der Waals surface area contributed by atoms with Crippen LogP contribution in [0.4, 0.5) is 5.69 Å². The maximum atomic E-state index is 5.52. The van der Waals surface area contributed by atoms with Crippen molar-refractivity contribution in [3.63, 3.8) is 0 Å². The van der Waals surface area contributed by atoms with Crippen molar-refractivity contribution in [1.29, 1.82) is 0 Å². The van der Waals surface area contributed by atoms with Gasteiger partial charge in [-0.25, -0.2) is 0 Å². The molecule has 4 bridgehead atoms. The number of benzene rings is 1. The summed E-state index contributed by atoms with van der Waals surface area (Å²) in [7, 11) is 0. The molecule has 4 fully saturated rings. The second-order valence-electron chi connectivity index (χ2n) is 7.06. The number of hydrogen-bond donors (Lipinski definition) is 1. The van der Waals surface area contributed by atoms with E-state index >= 15 is 0 Å². The molecule has 0 amide bonds. The minimum absolute atomic E-state index is 0.723. The Morgan fingerprint density at radius 1 is 0.950 bits per heavy atom. The standard InChI is InChI=1S/C18H25NO/c1-2-20-17-5-3-16(4-6-17)19-18-14-8-12-7-13(10-14)11-15(18)9-12/h3-6,12-15,18-19H,2,7-11H2,1H3. The number of hydrogen-bond acceptors (Lipinski definition) is 2. The Balaban J connectivity index is 1.46. The van der Waals surface area contributed by atoms with Crippen molar-refractivity contribution in [2.24, 2.45) is 23.7 Å². The summed E-state index contributed by atoms with van der Waals surface area (Å²) in [4.78, 5) is 0. The first-order valence-corrected chi connectivity index (χ1v) is 8.31. The Morgan fingerprint density at radius 3 is 2.10 bits per heavy atom. The summed E-state index contributed by atoms with van der Waals surface area (Å²) in [6, 6.07) is 9.25. The molecule has 0 spiro atoms. The number of rotatable bonds is 4. The van der Waals surface area contributed by atoms with Gasteiger partial charge in [0.1, 0.15) is 5.75 Å². The van der Waals surface area contributed by atoms with Crippen molar-refractivity contribution in [3.05, 3.63) is 24.3 Å². The maximum Gasteiger partial charge on any atom is 0.119 e. The zero-order valence-electron chi connectivity index (χ0n) is 12.3. The fourth-order valence-corrected chi connectivity index (χ4v) is 5.17. The fourth-order valence-electron chi connectivity index (χ4n) is 5.17. The molecule has 0 saturated heterocycles. The topological polar surface area (TPSA) is 21.3 Å². The first-order chi connectivity index (χ1) is 9.81. The van der Waals surface area contributed by atoms with Crippen LogP contribution in [-0.2, 0) is 0 Å². The van der Waals surface area contributed by atoms with Gasteiger partial charge in [0.15, 0.2) is 0 Å². The Hall–Kier alpha value is -1.18. The van der Waals surface area contributed by atoms with Gasteiger partial charge in [0, 0.05) is 11.7 Å². The average molecular weight is 271 g/mol. The van der Waals surface area contributed by atoms with E-state index in [2.05, 4.69) is 29.6 Å². The Labute approximate surface area is 121 Å². The largest absolute Gasteiger partial charge is 0.494 e. The van der Waals surface area contributed by atoms with Gasteiger partial charge in [0.25, 0.3) is 0 Å². The van der Waals surface area contributed by atoms with E-state index in [-0.39, 0.29) is 0 Å². The highest BCUT2D eigenvalue weighted by Gasteiger charge is 2.48. The normalized spacial score (nSPS) is 38.0. The van der Waals surface area contributed by atoms with Gasteiger partial charge in [-0.15, -0.1) is 0 Å². The van der Waals surface area contributed by atoms with Crippen LogP contribution in [0.3, 0.4) is 0 Å². The average Bonchev–Trinajstić information content (AvgIpc) is 2.44. The molecule has 1 N–H and O–H groups in total. The summed E-state index contributed by atoms with van der Waals surface area (Å²) >= 11 is 0. The molecule has 4 aliphatic rings. The van der Waals surface area contributed by atoms with Gasteiger partial charge in [-0.1, -0.05) is 0 Å². The molecule has 20 heavy (non-hydrogen) atoms. The van der Waals surface area contributed by atoms with Gasteiger partial charge in [0.2, 0.25) is 0 Å². The van der Waals surface area contributed by atoms with Crippen LogP contribution in [-0.4, -0.2) is 12.6 Å². The van der Waals surface area contributed by atoms with Crippen molar-refractivity contribution < 1.29 is 4.74 Å². The smallest absolute Gasteiger partial charge is 0.119 e. The molecule has 0 aromatic heterocycles. The second kappa shape index (κ2) is 4.98. The summed E-state index contributed by atoms with van der Waals surface area (Å²) in [6.45, 7) is 2.77. The lowest BCUT2D eigenvalue weighted by molar-refractivity contribution is 0.00754. The van der Waals surface area contributed by atoms with Crippen LogP contribution >= 0.6 is 0 Å². The fraction of sp³-hybridized carbons (Fsp3) is 0.667. The van der Waals surface area contributed by atoms with Crippen molar-refractivity contribution in [2.75, 3.05) is 11.9 Å². The summed E-state index contributed by atoms with van der Waals surface area (Å²) in [5, 5.41) is 3.84. The molecule has 0 atom stereocenters. The van der Waals surface area contributed by atoms with E-state index in [0.29, 0.717) is 0 Å². The lowest BCUT2D eigenvalue weighted by atomic mass is 9.54. The summed E-state index contributed by atoms with van der Waals surface area (Å²) in [5.41, 5.74) is 1.27. The number of nitrogens with one attached hydrogen (secondary N) is 1. The monoisotopic (exact) mass is 271 g/mol. The van der Waals surface area contributed by atoms with Crippen molar-refractivity contribution in [2.45, 2.75) is 45.1 Å². The zero-order chi connectivity index (χ0) is 13.5. The molecular weight excluding hydrogens is 246 g/mol. The molecule has 2 heteroatoms. The van der Waals surface area contributed by atoms with Crippen LogP contribution in [0.2, 0.25) is 0 Å². The molecule has 0 heterocycles. The van der Waals surface area contributed by atoms with E-state index in [0.717, 1.165) is 42.1 Å². The molecule has 0 aliphatic heterocycles. The van der Waals surface area contributed by atoms with Crippen molar-refractivity contribution >= 4 is 5.69 Å². The van der Waals surface area contributed by atoms with Crippen molar-refractivity contribution in [3.8, 4) is 5.75 Å². The number of ether oxygens (including phenoxy) is 1. The third-order valence-corrected chi connectivity index (χ3v) is 5.73. The summed E-state index contributed by atoms with van der Waals surface area (Å²) < 4.78 is 5.52. The van der Waals surface area contributed by atoms with E-state index in [1.807, 2.05) is 6.92 Å². The summed E-state index contributed by atoms with van der Waals surface area (Å²) in [6.07, 6.45) is 7.43. The molecule has 0 radical (unpaired) electrons.